The maximum absolute atomic E-state index is 5.54. The Bertz CT molecular complexity index is 441. The lowest BCUT2D eigenvalue weighted by Gasteiger charge is -2.07. The van der Waals surface area contributed by atoms with Crippen molar-refractivity contribution in [2.45, 2.75) is 20.4 Å². The number of H-pyrrole nitrogens is 1. The van der Waals surface area contributed by atoms with E-state index in [1.165, 1.54) is 0 Å². The van der Waals surface area contributed by atoms with E-state index in [-0.39, 0.29) is 0 Å². The molecule has 80 valence electrons. The third kappa shape index (κ3) is 1.98. The van der Waals surface area contributed by atoms with Gasteiger partial charge in [-0.3, -0.25) is 5.10 Å². The first-order valence-electron chi connectivity index (χ1n) is 4.86. The first-order chi connectivity index (χ1) is 7.16. The number of nitrogens with two attached hydrogens (primary N) is 1. The van der Waals surface area contributed by atoms with Crippen LogP contribution < -0.4 is 5.73 Å². The first kappa shape index (κ1) is 9.70. The molecule has 0 atom stereocenters. The summed E-state index contributed by atoms with van der Waals surface area (Å²) in [4.78, 5) is 0. The highest BCUT2D eigenvalue weighted by Crippen LogP contribution is 2.16. The highest BCUT2D eigenvalue weighted by atomic mass is 15.3. The molecule has 0 aliphatic heterocycles. The Labute approximate surface area is 87.5 Å². The van der Waals surface area contributed by atoms with Gasteiger partial charge in [0.25, 0.3) is 0 Å². The molecule has 15 heavy (non-hydrogen) atoms. The summed E-state index contributed by atoms with van der Waals surface area (Å²) in [5.41, 5.74) is 6.33. The Balaban J connectivity index is 2.32. The van der Waals surface area contributed by atoms with Gasteiger partial charge in [-0.1, -0.05) is 13.8 Å². The zero-order valence-electron chi connectivity index (χ0n) is 8.81. The smallest absolute Gasteiger partial charge is 0.181 e. The van der Waals surface area contributed by atoms with E-state index in [1.807, 2.05) is 4.57 Å². The fourth-order valence-corrected chi connectivity index (χ4v) is 1.44. The molecule has 0 amide bonds. The van der Waals surface area contributed by atoms with Gasteiger partial charge in [-0.05, 0) is 5.92 Å². The second kappa shape index (κ2) is 3.72. The summed E-state index contributed by atoms with van der Waals surface area (Å²) in [5, 5.41) is 14.6. The van der Waals surface area contributed by atoms with Crippen molar-refractivity contribution in [3.05, 3.63) is 12.4 Å². The van der Waals surface area contributed by atoms with Crippen molar-refractivity contribution in [2.24, 2.45) is 5.92 Å². The molecule has 0 unspecified atom stereocenters. The minimum absolute atomic E-state index is 0.462. The van der Waals surface area contributed by atoms with E-state index in [0.29, 0.717) is 11.7 Å². The lowest BCUT2D eigenvalue weighted by molar-refractivity contribution is 0.525. The molecule has 0 saturated heterocycles. The summed E-state index contributed by atoms with van der Waals surface area (Å²) < 4.78 is 1.98. The molecule has 0 radical (unpaired) electrons. The van der Waals surface area contributed by atoms with Crippen molar-refractivity contribution in [2.75, 3.05) is 5.73 Å². The summed E-state index contributed by atoms with van der Waals surface area (Å²) in [7, 11) is 0. The van der Waals surface area contributed by atoms with Gasteiger partial charge in [-0.2, -0.15) is 5.10 Å². The van der Waals surface area contributed by atoms with Gasteiger partial charge in [0.2, 0.25) is 0 Å². The number of aromatic nitrogens is 5. The first-order valence-corrected chi connectivity index (χ1v) is 4.86. The third-order valence-electron chi connectivity index (χ3n) is 2.02. The highest BCUT2D eigenvalue weighted by molar-refractivity contribution is 5.53. The molecule has 2 aromatic rings. The van der Waals surface area contributed by atoms with E-state index in [2.05, 4.69) is 34.2 Å². The SMILES string of the molecule is CC(C)Cn1cnnc1-c1cc(N)n[nH]1. The van der Waals surface area contributed by atoms with Crippen LogP contribution in [0.2, 0.25) is 0 Å². The van der Waals surface area contributed by atoms with Gasteiger partial charge in [-0.15, -0.1) is 10.2 Å². The molecule has 2 heterocycles. The van der Waals surface area contributed by atoms with E-state index >= 15 is 0 Å². The summed E-state index contributed by atoms with van der Waals surface area (Å²) in [6, 6.07) is 1.75. The summed E-state index contributed by atoms with van der Waals surface area (Å²) in [6.07, 6.45) is 1.71. The summed E-state index contributed by atoms with van der Waals surface area (Å²) in [6.45, 7) is 5.16. The van der Waals surface area contributed by atoms with E-state index in [0.717, 1.165) is 18.1 Å². The van der Waals surface area contributed by atoms with Crippen LogP contribution in [0.3, 0.4) is 0 Å². The van der Waals surface area contributed by atoms with Crippen LogP contribution in [0, 0.1) is 5.92 Å². The Morgan fingerprint density at radius 2 is 2.33 bits per heavy atom. The van der Waals surface area contributed by atoms with Crippen LogP contribution in [0.4, 0.5) is 5.82 Å². The molecule has 6 nitrogen and oxygen atoms in total. The standard InChI is InChI=1S/C9H14N6/c1-6(2)4-15-5-11-14-9(15)7-3-8(10)13-12-7/h3,5-6H,4H2,1-2H3,(H3,10,12,13). The molecule has 0 spiro atoms. The molecule has 6 heteroatoms. The number of anilines is 1. The predicted octanol–water partition coefficient (Wildman–Crippen LogP) is 0.906. The van der Waals surface area contributed by atoms with Gasteiger partial charge in [0.15, 0.2) is 5.82 Å². The number of aromatic amines is 1. The van der Waals surface area contributed by atoms with E-state index < -0.39 is 0 Å². The zero-order chi connectivity index (χ0) is 10.8. The number of nitrogens with one attached hydrogen (secondary N) is 1. The average Bonchev–Trinajstić information content (AvgIpc) is 2.72. The minimum Gasteiger partial charge on any atom is -0.382 e. The van der Waals surface area contributed by atoms with Crippen LogP contribution in [0.1, 0.15) is 13.8 Å². The molecule has 0 bridgehead atoms. The van der Waals surface area contributed by atoms with Crippen molar-refractivity contribution >= 4 is 5.82 Å². The van der Waals surface area contributed by atoms with Crippen LogP contribution >= 0.6 is 0 Å². The van der Waals surface area contributed by atoms with Crippen molar-refractivity contribution in [1.29, 1.82) is 0 Å². The number of rotatable bonds is 3. The van der Waals surface area contributed by atoms with Crippen LogP contribution in [0.15, 0.2) is 12.4 Å². The second-order valence-corrected chi connectivity index (χ2v) is 3.91. The third-order valence-corrected chi connectivity index (χ3v) is 2.02. The van der Waals surface area contributed by atoms with Crippen molar-refractivity contribution in [1.82, 2.24) is 25.0 Å². The molecular weight excluding hydrogens is 192 g/mol. The monoisotopic (exact) mass is 206 g/mol. The van der Waals surface area contributed by atoms with Gasteiger partial charge in [0, 0.05) is 12.6 Å². The molecule has 0 aliphatic carbocycles. The number of nitrogens with zero attached hydrogens (tertiary/aromatic N) is 4. The minimum atomic E-state index is 0.462. The quantitative estimate of drug-likeness (QED) is 0.781. The number of hydrogen-bond donors (Lipinski definition) is 2. The molecule has 2 aromatic heterocycles. The molecule has 0 fully saturated rings. The lowest BCUT2D eigenvalue weighted by atomic mass is 10.2. The van der Waals surface area contributed by atoms with Gasteiger partial charge in [0.05, 0.1) is 0 Å². The fraction of sp³-hybridized carbons (Fsp3) is 0.444. The van der Waals surface area contributed by atoms with Gasteiger partial charge < -0.3 is 10.3 Å². The molecule has 3 N–H and O–H groups in total. The van der Waals surface area contributed by atoms with Gasteiger partial charge in [0.1, 0.15) is 17.8 Å². The Kier molecular flexibility index (Phi) is 2.40. The normalized spacial score (nSPS) is 11.1. The molecule has 0 aliphatic rings. The van der Waals surface area contributed by atoms with Crippen LogP contribution in [0.25, 0.3) is 11.5 Å². The van der Waals surface area contributed by atoms with Crippen molar-refractivity contribution < 1.29 is 0 Å². The summed E-state index contributed by atoms with van der Waals surface area (Å²) in [5.74, 6) is 1.78. The number of hydrogen-bond acceptors (Lipinski definition) is 4. The van der Waals surface area contributed by atoms with Gasteiger partial charge in [-0.25, -0.2) is 0 Å². The maximum Gasteiger partial charge on any atom is 0.181 e. The van der Waals surface area contributed by atoms with Crippen LogP contribution in [0.5, 0.6) is 0 Å². The molecule has 2 rings (SSSR count). The molecular formula is C9H14N6. The van der Waals surface area contributed by atoms with Gasteiger partial charge >= 0.3 is 0 Å². The fourth-order valence-electron chi connectivity index (χ4n) is 1.44. The number of nitrogen functional groups attached to an aromatic ring is 1. The second-order valence-electron chi connectivity index (χ2n) is 3.91. The van der Waals surface area contributed by atoms with E-state index in [9.17, 15) is 0 Å². The topological polar surface area (TPSA) is 85.4 Å². The lowest BCUT2D eigenvalue weighted by Crippen LogP contribution is -2.05. The summed E-state index contributed by atoms with van der Waals surface area (Å²) >= 11 is 0. The highest BCUT2D eigenvalue weighted by Gasteiger charge is 2.10. The van der Waals surface area contributed by atoms with E-state index in [4.69, 9.17) is 5.73 Å². The van der Waals surface area contributed by atoms with E-state index in [1.54, 1.807) is 12.4 Å². The predicted molar refractivity (Wildman–Crippen MR) is 56.9 cm³/mol. The Morgan fingerprint density at radius 3 is 2.93 bits per heavy atom. The Morgan fingerprint density at radius 1 is 1.53 bits per heavy atom. The molecule has 0 aromatic carbocycles. The van der Waals surface area contributed by atoms with Crippen molar-refractivity contribution in [3.63, 3.8) is 0 Å². The zero-order valence-corrected chi connectivity index (χ0v) is 8.81. The maximum atomic E-state index is 5.54. The Hall–Kier alpha value is -1.85. The van der Waals surface area contributed by atoms with Crippen LogP contribution in [-0.2, 0) is 6.54 Å². The van der Waals surface area contributed by atoms with Crippen LogP contribution in [-0.4, -0.2) is 25.0 Å². The average molecular weight is 206 g/mol. The molecule has 0 saturated carbocycles. The van der Waals surface area contributed by atoms with Crippen molar-refractivity contribution in [3.8, 4) is 11.5 Å². The largest absolute Gasteiger partial charge is 0.382 e.